The molecule has 2 amide bonds. The van der Waals surface area contributed by atoms with Crippen molar-refractivity contribution >= 4 is 35.1 Å². The summed E-state index contributed by atoms with van der Waals surface area (Å²) in [6, 6.07) is 12.4. The van der Waals surface area contributed by atoms with E-state index in [4.69, 9.17) is 25.5 Å². The van der Waals surface area contributed by atoms with E-state index in [1.165, 1.54) is 0 Å². The Balaban J connectivity index is 1.37. The number of nitrogens with zero attached hydrogens (tertiary/aromatic N) is 3. The SMILES string of the molecule is CCOc1ccc(CC(=O)Nc2nnc([C@@H]3CC(=O)N(c4ccc(Cl)cc4)C3)o2)cc1OCC. The maximum atomic E-state index is 12.5. The number of carbonyl (C=O) groups excluding carboxylic acids is 2. The van der Waals surface area contributed by atoms with Crippen molar-refractivity contribution in [2.75, 3.05) is 30.0 Å². The first-order valence-corrected chi connectivity index (χ1v) is 11.4. The molecular weight excluding hydrogens is 460 g/mol. The molecule has 0 bridgehead atoms. The van der Waals surface area contributed by atoms with Crippen LogP contribution in [-0.4, -0.2) is 41.8 Å². The maximum Gasteiger partial charge on any atom is 0.322 e. The summed E-state index contributed by atoms with van der Waals surface area (Å²) < 4.78 is 16.8. The van der Waals surface area contributed by atoms with Gasteiger partial charge in [-0.3, -0.25) is 14.9 Å². The molecular formula is C24H25ClN4O5. The molecule has 1 aliphatic heterocycles. The second-order valence-corrected chi connectivity index (χ2v) is 8.14. The molecule has 34 heavy (non-hydrogen) atoms. The highest BCUT2D eigenvalue weighted by Crippen LogP contribution is 2.32. The summed E-state index contributed by atoms with van der Waals surface area (Å²) in [6.45, 7) is 5.19. The van der Waals surface area contributed by atoms with Gasteiger partial charge in [0.2, 0.25) is 17.7 Å². The smallest absolute Gasteiger partial charge is 0.322 e. The molecule has 0 spiro atoms. The van der Waals surface area contributed by atoms with E-state index in [-0.39, 0.29) is 36.6 Å². The van der Waals surface area contributed by atoms with Crippen LogP contribution < -0.4 is 19.7 Å². The van der Waals surface area contributed by atoms with Crippen LogP contribution >= 0.6 is 11.6 Å². The minimum absolute atomic E-state index is 0.00615. The van der Waals surface area contributed by atoms with E-state index in [0.717, 1.165) is 11.3 Å². The number of amides is 2. The lowest BCUT2D eigenvalue weighted by Gasteiger charge is -2.16. The first-order valence-electron chi connectivity index (χ1n) is 11.0. The van der Waals surface area contributed by atoms with Gasteiger partial charge in [0.25, 0.3) is 0 Å². The number of hydrogen-bond acceptors (Lipinski definition) is 7. The number of aromatic nitrogens is 2. The van der Waals surface area contributed by atoms with Crippen LogP contribution in [0.3, 0.4) is 0 Å². The zero-order valence-electron chi connectivity index (χ0n) is 18.9. The molecule has 4 rings (SSSR count). The predicted molar refractivity (Wildman–Crippen MR) is 127 cm³/mol. The van der Waals surface area contributed by atoms with Gasteiger partial charge in [-0.1, -0.05) is 22.8 Å². The first kappa shape index (κ1) is 23.6. The molecule has 1 aliphatic rings. The monoisotopic (exact) mass is 484 g/mol. The van der Waals surface area contributed by atoms with E-state index >= 15 is 0 Å². The Labute approximate surface area is 202 Å². The maximum absolute atomic E-state index is 12.5. The molecule has 0 radical (unpaired) electrons. The fourth-order valence-corrected chi connectivity index (χ4v) is 3.87. The number of hydrogen-bond donors (Lipinski definition) is 1. The van der Waals surface area contributed by atoms with E-state index in [0.29, 0.717) is 42.2 Å². The van der Waals surface area contributed by atoms with Crippen LogP contribution in [0.4, 0.5) is 11.7 Å². The number of ether oxygens (including phenoxy) is 2. The third kappa shape index (κ3) is 5.48. The summed E-state index contributed by atoms with van der Waals surface area (Å²) in [7, 11) is 0. The highest BCUT2D eigenvalue weighted by molar-refractivity contribution is 6.30. The normalized spacial score (nSPS) is 15.4. The third-order valence-electron chi connectivity index (χ3n) is 5.27. The molecule has 1 atom stereocenters. The second-order valence-electron chi connectivity index (χ2n) is 7.70. The van der Waals surface area contributed by atoms with E-state index < -0.39 is 0 Å². The summed E-state index contributed by atoms with van der Waals surface area (Å²) in [6.07, 6.45) is 0.334. The Hall–Kier alpha value is -3.59. The van der Waals surface area contributed by atoms with Crippen molar-refractivity contribution in [1.29, 1.82) is 0 Å². The molecule has 1 aromatic heterocycles. The molecule has 2 aromatic carbocycles. The standard InChI is InChI=1S/C24H25ClN4O5/c1-3-32-19-10-5-15(11-20(19)33-4-2)12-21(30)26-24-28-27-23(34-24)16-13-22(31)29(14-16)18-8-6-17(25)7-9-18/h5-11,16H,3-4,12-14H2,1-2H3,(H,26,28,30)/t16-/m1/s1. The van der Waals surface area contributed by atoms with Crippen molar-refractivity contribution in [3.05, 3.63) is 58.9 Å². The van der Waals surface area contributed by atoms with E-state index in [2.05, 4.69) is 15.5 Å². The summed E-state index contributed by atoms with van der Waals surface area (Å²) >= 11 is 5.93. The largest absolute Gasteiger partial charge is 0.490 e. The Morgan fingerprint density at radius 1 is 1.12 bits per heavy atom. The molecule has 0 saturated carbocycles. The Morgan fingerprint density at radius 2 is 1.85 bits per heavy atom. The lowest BCUT2D eigenvalue weighted by atomic mass is 10.1. The number of carbonyl (C=O) groups is 2. The average Bonchev–Trinajstić information content (AvgIpc) is 3.43. The summed E-state index contributed by atoms with van der Waals surface area (Å²) in [4.78, 5) is 26.7. The minimum Gasteiger partial charge on any atom is -0.490 e. The van der Waals surface area contributed by atoms with Crippen LogP contribution in [0.25, 0.3) is 0 Å². The van der Waals surface area contributed by atoms with Gasteiger partial charge in [0.05, 0.1) is 25.6 Å². The summed E-state index contributed by atoms with van der Waals surface area (Å²) in [5.74, 6) is 0.907. The van der Waals surface area contributed by atoms with E-state index in [9.17, 15) is 9.59 Å². The average molecular weight is 485 g/mol. The topological polar surface area (TPSA) is 107 Å². The fraction of sp³-hybridized carbons (Fsp3) is 0.333. The summed E-state index contributed by atoms with van der Waals surface area (Å²) in [5, 5.41) is 11.2. The van der Waals surface area contributed by atoms with Crippen LogP contribution in [0.5, 0.6) is 11.5 Å². The van der Waals surface area contributed by atoms with Gasteiger partial charge in [-0.2, -0.15) is 0 Å². The van der Waals surface area contributed by atoms with Gasteiger partial charge in [-0.15, -0.1) is 5.10 Å². The van der Waals surface area contributed by atoms with Gasteiger partial charge in [0.15, 0.2) is 11.5 Å². The molecule has 3 aromatic rings. The number of nitrogens with one attached hydrogen (secondary N) is 1. The van der Waals surface area contributed by atoms with Crippen molar-refractivity contribution in [3.63, 3.8) is 0 Å². The Bertz CT molecular complexity index is 1160. The molecule has 178 valence electrons. The van der Waals surface area contributed by atoms with Gasteiger partial charge in [-0.05, 0) is 55.8 Å². The van der Waals surface area contributed by atoms with Crippen LogP contribution in [0.2, 0.25) is 5.02 Å². The summed E-state index contributed by atoms with van der Waals surface area (Å²) in [5.41, 5.74) is 1.51. The van der Waals surface area contributed by atoms with Crippen LogP contribution in [0, 0.1) is 0 Å². The van der Waals surface area contributed by atoms with Crippen LogP contribution in [-0.2, 0) is 16.0 Å². The third-order valence-corrected chi connectivity index (χ3v) is 5.52. The molecule has 10 heteroatoms. The van der Waals surface area contributed by atoms with Crippen molar-refractivity contribution in [1.82, 2.24) is 10.2 Å². The number of rotatable bonds is 9. The van der Waals surface area contributed by atoms with Gasteiger partial charge >= 0.3 is 6.01 Å². The van der Waals surface area contributed by atoms with Gasteiger partial charge in [-0.25, -0.2) is 0 Å². The molecule has 1 saturated heterocycles. The van der Waals surface area contributed by atoms with Crippen molar-refractivity contribution < 1.29 is 23.5 Å². The van der Waals surface area contributed by atoms with Crippen molar-refractivity contribution in [2.24, 2.45) is 0 Å². The molecule has 9 nitrogen and oxygen atoms in total. The minimum atomic E-state index is -0.313. The fourth-order valence-electron chi connectivity index (χ4n) is 3.75. The highest BCUT2D eigenvalue weighted by atomic mass is 35.5. The molecule has 1 fully saturated rings. The van der Waals surface area contributed by atoms with Crippen molar-refractivity contribution in [2.45, 2.75) is 32.6 Å². The zero-order valence-corrected chi connectivity index (χ0v) is 19.7. The van der Waals surface area contributed by atoms with Crippen LogP contribution in [0.1, 0.15) is 37.6 Å². The highest BCUT2D eigenvalue weighted by Gasteiger charge is 2.35. The number of benzene rings is 2. The number of halogens is 1. The lowest BCUT2D eigenvalue weighted by molar-refractivity contribution is -0.117. The molecule has 2 heterocycles. The Morgan fingerprint density at radius 3 is 2.59 bits per heavy atom. The van der Waals surface area contributed by atoms with Gasteiger partial charge in [0, 0.05) is 23.7 Å². The number of anilines is 2. The van der Waals surface area contributed by atoms with Crippen molar-refractivity contribution in [3.8, 4) is 11.5 Å². The molecule has 0 aliphatic carbocycles. The quantitative estimate of drug-likeness (QED) is 0.484. The Kier molecular flexibility index (Phi) is 7.32. The molecule has 0 unspecified atom stereocenters. The van der Waals surface area contributed by atoms with E-state index in [1.807, 2.05) is 19.9 Å². The zero-order chi connectivity index (χ0) is 24.1. The van der Waals surface area contributed by atoms with Gasteiger partial charge in [0.1, 0.15) is 0 Å². The predicted octanol–water partition coefficient (Wildman–Crippen LogP) is 4.22. The van der Waals surface area contributed by atoms with Gasteiger partial charge < -0.3 is 18.8 Å². The van der Waals surface area contributed by atoms with Crippen LogP contribution in [0.15, 0.2) is 46.9 Å². The second kappa shape index (κ2) is 10.6. The lowest BCUT2D eigenvalue weighted by Crippen LogP contribution is -2.24. The molecule has 1 N–H and O–H groups in total. The first-order chi connectivity index (χ1) is 16.5. The van der Waals surface area contributed by atoms with E-state index in [1.54, 1.807) is 41.3 Å².